The Labute approximate surface area is 118 Å². The molecule has 0 aliphatic carbocycles. The number of nitrogens with zero attached hydrogens (tertiary/aromatic N) is 1. The van der Waals surface area contributed by atoms with Gasteiger partial charge in [-0.2, -0.15) is 13.2 Å². The first kappa shape index (κ1) is 14.8. The quantitative estimate of drug-likeness (QED) is 0.911. The van der Waals surface area contributed by atoms with Crippen molar-refractivity contribution in [1.29, 1.82) is 0 Å². The second-order valence-electron chi connectivity index (χ2n) is 4.34. The van der Waals surface area contributed by atoms with Gasteiger partial charge < -0.3 is 11.1 Å². The minimum absolute atomic E-state index is 0.287. The van der Waals surface area contributed by atoms with Crippen LogP contribution in [0.2, 0.25) is 0 Å². The first-order valence-electron chi connectivity index (χ1n) is 6.02. The number of aromatic nitrogens is 1. The Balaban J connectivity index is 1.98. The van der Waals surface area contributed by atoms with E-state index >= 15 is 0 Å². The average molecular weight is 295 g/mol. The van der Waals surface area contributed by atoms with Crippen molar-refractivity contribution in [2.75, 3.05) is 5.32 Å². The van der Waals surface area contributed by atoms with E-state index in [0.29, 0.717) is 17.9 Å². The van der Waals surface area contributed by atoms with E-state index in [1.807, 2.05) is 0 Å². The van der Waals surface area contributed by atoms with Crippen molar-refractivity contribution in [3.8, 4) is 0 Å². The maximum Gasteiger partial charge on any atom is 0.416 e. The first-order valence-corrected chi connectivity index (χ1v) is 6.02. The van der Waals surface area contributed by atoms with E-state index in [-0.39, 0.29) is 5.56 Å². The Hall–Kier alpha value is -2.57. The number of anilines is 1. The minimum Gasteiger partial charge on any atom is -0.366 e. The monoisotopic (exact) mass is 295 g/mol. The lowest BCUT2D eigenvalue weighted by molar-refractivity contribution is -0.137. The van der Waals surface area contributed by atoms with Crippen LogP contribution in [0, 0.1) is 0 Å². The molecule has 21 heavy (non-hydrogen) atoms. The maximum absolute atomic E-state index is 12.4. The summed E-state index contributed by atoms with van der Waals surface area (Å²) in [6.45, 7) is 0.320. The number of alkyl halides is 3. The Morgan fingerprint density at radius 2 is 1.81 bits per heavy atom. The summed E-state index contributed by atoms with van der Waals surface area (Å²) in [5.41, 5.74) is 5.37. The molecule has 0 atom stereocenters. The SMILES string of the molecule is NC(=O)c1ccc(NCc2ccc(C(F)(F)F)cc2)nc1. The molecule has 0 unspecified atom stereocenters. The molecule has 3 N–H and O–H groups in total. The number of benzene rings is 1. The highest BCUT2D eigenvalue weighted by Crippen LogP contribution is 2.29. The van der Waals surface area contributed by atoms with Gasteiger partial charge in [0.05, 0.1) is 11.1 Å². The molecule has 2 aromatic rings. The van der Waals surface area contributed by atoms with Crippen molar-refractivity contribution >= 4 is 11.7 Å². The summed E-state index contributed by atoms with van der Waals surface area (Å²) in [6.07, 6.45) is -3.00. The van der Waals surface area contributed by atoms with Crippen LogP contribution in [0.4, 0.5) is 19.0 Å². The van der Waals surface area contributed by atoms with E-state index in [4.69, 9.17) is 5.73 Å². The largest absolute Gasteiger partial charge is 0.416 e. The zero-order valence-electron chi connectivity index (χ0n) is 10.8. The predicted octanol–water partition coefficient (Wildman–Crippen LogP) is 2.81. The molecule has 0 aliphatic heterocycles. The van der Waals surface area contributed by atoms with Crippen LogP contribution in [-0.4, -0.2) is 10.9 Å². The smallest absolute Gasteiger partial charge is 0.366 e. The Kier molecular flexibility index (Phi) is 4.11. The van der Waals surface area contributed by atoms with Crippen molar-refractivity contribution in [3.05, 3.63) is 59.3 Å². The summed E-state index contributed by atoms with van der Waals surface area (Å²) in [5, 5.41) is 2.94. The fourth-order valence-corrected chi connectivity index (χ4v) is 1.65. The number of hydrogen-bond donors (Lipinski definition) is 2. The number of pyridine rings is 1. The first-order chi connectivity index (χ1) is 9.86. The van der Waals surface area contributed by atoms with Gasteiger partial charge in [-0.3, -0.25) is 4.79 Å². The lowest BCUT2D eigenvalue weighted by Gasteiger charge is -2.09. The summed E-state index contributed by atoms with van der Waals surface area (Å²) < 4.78 is 37.2. The number of carbonyl (C=O) groups is 1. The fraction of sp³-hybridized carbons (Fsp3) is 0.143. The van der Waals surface area contributed by atoms with Crippen LogP contribution >= 0.6 is 0 Å². The number of nitrogens with two attached hydrogens (primary N) is 1. The number of carbonyl (C=O) groups excluding carboxylic acids is 1. The summed E-state index contributed by atoms with van der Waals surface area (Å²) in [7, 11) is 0. The minimum atomic E-state index is -4.34. The lowest BCUT2D eigenvalue weighted by atomic mass is 10.1. The second kappa shape index (κ2) is 5.82. The van der Waals surface area contributed by atoms with Crippen LogP contribution in [0.1, 0.15) is 21.5 Å². The highest BCUT2D eigenvalue weighted by atomic mass is 19.4. The molecular weight excluding hydrogens is 283 g/mol. The number of rotatable bonds is 4. The van der Waals surface area contributed by atoms with Gasteiger partial charge >= 0.3 is 6.18 Å². The number of halogens is 3. The normalized spacial score (nSPS) is 11.2. The van der Waals surface area contributed by atoms with Crippen molar-refractivity contribution < 1.29 is 18.0 Å². The summed E-state index contributed by atoms with van der Waals surface area (Å²) >= 11 is 0. The number of primary amides is 1. The molecule has 0 bridgehead atoms. The van der Waals surface area contributed by atoms with Gasteiger partial charge in [-0.05, 0) is 29.8 Å². The molecule has 0 aliphatic rings. The predicted molar refractivity (Wildman–Crippen MR) is 71.5 cm³/mol. The summed E-state index contributed by atoms with van der Waals surface area (Å²) in [6, 6.07) is 7.94. The fourth-order valence-electron chi connectivity index (χ4n) is 1.65. The molecule has 7 heteroatoms. The molecular formula is C14H12F3N3O. The number of amides is 1. The molecule has 110 valence electrons. The Bertz CT molecular complexity index is 621. The van der Waals surface area contributed by atoms with E-state index in [9.17, 15) is 18.0 Å². The Morgan fingerprint density at radius 3 is 2.29 bits per heavy atom. The molecule has 0 radical (unpaired) electrons. The molecule has 0 spiro atoms. The van der Waals surface area contributed by atoms with Gasteiger partial charge in [0.25, 0.3) is 0 Å². The highest BCUT2D eigenvalue weighted by Gasteiger charge is 2.29. The third-order valence-electron chi connectivity index (χ3n) is 2.80. The van der Waals surface area contributed by atoms with E-state index in [1.54, 1.807) is 6.07 Å². The van der Waals surface area contributed by atoms with Crippen molar-refractivity contribution in [3.63, 3.8) is 0 Å². The van der Waals surface area contributed by atoms with E-state index in [1.165, 1.54) is 24.4 Å². The molecule has 1 heterocycles. The van der Waals surface area contributed by atoms with Crippen molar-refractivity contribution in [2.45, 2.75) is 12.7 Å². The van der Waals surface area contributed by atoms with E-state index in [0.717, 1.165) is 12.1 Å². The molecule has 0 fully saturated rings. The van der Waals surface area contributed by atoms with Crippen molar-refractivity contribution in [2.24, 2.45) is 5.73 Å². The van der Waals surface area contributed by atoms with Crippen LogP contribution in [0.15, 0.2) is 42.6 Å². The molecule has 2 rings (SSSR count). The number of hydrogen-bond acceptors (Lipinski definition) is 3. The van der Waals surface area contributed by atoms with Crippen LogP contribution in [0.5, 0.6) is 0 Å². The lowest BCUT2D eigenvalue weighted by Crippen LogP contribution is -2.11. The number of nitrogens with one attached hydrogen (secondary N) is 1. The van der Waals surface area contributed by atoms with Gasteiger partial charge in [-0.25, -0.2) is 4.98 Å². The van der Waals surface area contributed by atoms with Crippen molar-refractivity contribution in [1.82, 2.24) is 4.98 Å². The molecule has 1 aromatic carbocycles. The van der Waals surface area contributed by atoms with Gasteiger partial charge in [-0.15, -0.1) is 0 Å². The van der Waals surface area contributed by atoms with Crippen LogP contribution in [0.25, 0.3) is 0 Å². The van der Waals surface area contributed by atoms with Crippen LogP contribution in [-0.2, 0) is 12.7 Å². The van der Waals surface area contributed by atoms with Crippen LogP contribution in [0.3, 0.4) is 0 Å². The standard InChI is InChI=1S/C14H12F3N3O/c15-14(16,17)11-4-1-9(2-5-11)7-19-12-6-3-10(8-20-12)13(18)21/h1-6,8H,7H2,(H2,18,21)(H,19,20). The maximum atomic E-state index is 12.4. The van der Waals surface area contributed by atoms with Gasteiger partial charge in [0.15, 0.2) is 0 Å². The molecule has 4 nitrogen and oxygen atoms in total. The molecule has 1 amide bonds. The zero-order chi connectivity index (χ0) is 15.5. The van der Waals surface area contributed by atoms with E-state index in [2.05, 4.69) is 10.3 Å². The van der Waals surface area contributed by atoms with Gasteiger partial charge in [-0.1, -0.05) is 12.1 Å². The van der Waals surface area contributed by atoms with Crippen LogP contribution < -0.4 is 11.1 Å². The van der Waals surface area contributed by atoms with Gasteiger partial charge in [0.2, 0.25) is 5.91 Å². The summed E-state index contributed by atoms with van der Waals surface area (Å²) in [5.74, 6) is -0.0725. The van der Waals surface area contributed by atoms with E-state index < -0.39 is 17.6 Å². The highest BCUT2D eigenvalue weighted by molar-refractivity contribution is 5.92. The molecule has 1 aromatic heterocycles. The van der Waals surface area contributed by atoms with Gasteiger partial charge in [0, 0.05) is 12.7 Å². The topological polar surface area (TPSA) is 68.0 Å². The summed E-state index contributed by atoms with van der Waals surface area (Å²) in [4.78, 5) is 14.9. The van der Waals surface area contributed by atoms with Gasteiger partial charge in [0.1, 0.15) is 5.82 Å². The second-order valence-corrected chi connectivity index (χ2v) is 4.34. The average Bonchev–Trinajstić information content (AvgIpc) is 2.45. The molecule has 0 saturated heterocycles. The third kappa shape index (κ3) is 3.95. The zero-order valence-corrected chi connectivity index (χ0v) is 10.8. The third-order valence-corrected chi connectivity index (χ3v) is 2.80. The molecule has 0 saturated carbocycles. The Morgan fingerprint density at radius 1 is 1.14 bits per heavy atom.